The van der Waals surface area contributed by atoms with Gasteiger partial charge in [-0.15, -0.1) is 0 Å². The fourth-order valence-electron chi connectivity index (χ4n) is 1.98. The van der Waals surface area contributed by atoms with Crippen LogP contribution >= 0.6 is 0 Å². The van der Waals surface area contributed by atoms with Gasteiger partial charge in [0.2, 0.25) is 0 Å². The van der Waals surface area contributed by atoms with Crippen LogP contribution in [0.4, 0.5) is 14.5 Å². The molecule has 0 aromatic heterocycles. The van der Waals surface area contributed by atoms with E-state index < -0.39 is 17.5 Å². The van der Waals surface area contributed by atoms with E-state index in [2.05, 4.69) is 0 Å². The van der Waals surface area contributed by atoms with Crippen LogP contribution in [0, 0.1) is 18.6 Å². The van der Waals surface area contributed by atoms with Crippen LogP contribution < -0.4 is 4.90 Å². The lowest BCUT2D eigenvalue weighted by molar-refractivity contribution is 0.0983. The Kier molecular flexibility index (Phi) is 4.13. The lowest BCUT2D eigenvalue weighted by atomic mass is 10.1. The van der Waals surface area contributed by atoms with Gasteiger partial charge in [0.15, 0.2) is 11.6 Å². The van der Waals surface area contributed by atoms with Crippen LogP contribution in [0.2, 0.25) is 0 Å². The maximum absolute atomic E-state index is 13.7. The summed E-state index contributed by atoms with van der Waals surface area (Å²) in [5, 5.41) is 0. The Morgan fingerprint density at radius 2 is 1.75 bits per heavy atom. The van der Waals surface area contributed by atoms with Crippen LogP contribution in [0.15, 0.2) is 42.5 Å². The van der Waals surface area contributed by atoms with E-state index in [9.17, 15) is 13.6 Å². The van der Waals surface area contributed by atoms with Crippen molar-refractivity contribution >= 4 is 11.6 Å². The van der Waals surface area contributed by atoms with Crippen LogP contribution in [0.3, 0.4) is 0 Å². The first-order valence-corrected chi connectivity index (χ1v) is 6.37. The van der Waals surface area contributed by atoms with Gasteiger partial charge < -0.3 is 4.90 Å². The molecule has 0 radical (unpaired) electrons. The van der Waals surface area contributed by atoms with E-state index >= 15 is 0 Å². The van der Waals surface area contributed by atoms with Gasteiger partial charge in [0.05, 0.1) is 5.56 Å². The average molecular weight is 275 g/mol. The van der Waals surface area contributed by atoms with Crippen molar-refractivity contribution in [3.8, 4) is 0 Å². The number of carbonyl (C=O) groups excluding carboxylic acids is 1. The largest absolute Gasteiger partial charge is 0.309 e. The van der Waals surface area contributed by atoms with E-state index in [1.54, 1.807) is 19.1 Å². The van der Waals surface area contributed by atoms with E-state index in [0.29, 0.717) is 12.2 Å². The minimum atomic E-state index is -1.11. The van der Waals surface area contributed by atoms with E-state index in [1.807, 2.05) is 19.1 Å². The fourth-order valence-corrected chi connectivity index (χ4v) is 1.98. The molecule has 0 saturated heterocycles. The zero-order chi connectivity index (χ0) is 14.7. The monoisotopic (exact) mass is 275 g/mol. The predicted octanol–water partition coefficient (Wildman–Crippen LogP) is 3.94. The van der Waals surface area contributed by atoms with Gasteiger partial charge in [0.1, 0.15) is 0 Å². The Labute approximate surface area is 116 Å². The standard InChI is InChI=1S/C16H15F2NO/c1-3-19(12-9-7-11(2)8-10-12)16(20)13-5-4-6-14(17)15(13)18/h4-10H,3H2,1-2H3. The van der Waals surface area contributed by atoms with Crippen LogP contribution in [0.5, 0.6) is 0 Å². The van der Waals surface area contributed by atoms with E-state index in [-0.39, 0.29) is 5.56 Å². The number of nitrogens with zero attached hydrogens (tertiary/aromatic N) is 1. The summed E-state index contributed by atoms with van der Waals surface area (Å²) in [4.78, 5) is 13.8. The summed E-state index contributed by atoms with van der Waals surface area (Å²) in [6.07, 6.45) is 0. The van der Waals surface area contributed by atoms with Gasteiger partial charge in [-0.1, -0.05) is 23.8 Å². The van der Waals surface area contributed by atoms with Gasteiger partial charge in [0.25, 0.3) is 5.91 Å². The Morgan fingerprint density at radius 1 is 1.10 bits per heavy atom. The second kappa shape index (κ2) is 5.82. The molecule has 20 heavy (non-hydrogen) atoms. The van der Waals surface area contributed by atoms with Crippen LogP contribution in [0.1, 0.15) is 22.8 Å². The molecular weight excluding hydrogens is 260 g/mol. The maximum Gasteiger partial charge on any atom is 0.261 e. The van der Waals surface area contributed by atoms with Crippen LogP contribution in [0.25, 0.3) is 0 Å². The molecule has 2 aromatic carbocycles. The lowest BCUT2D eigenvalue weighted by Crippen LogP contribution is -2.31. The summed E-state index contributed by atoms with van der Waals surface area (Å²) in [6.45, 7) is 4.10. The molecule has 0 aliphatic rings. The van der Waals surface area contributed by atoms with E-state index in [0.717, 1.165) is 11.6 Å². The van der Waals surface area contributed by atoms with Gasteiger partial charge >= 0.3 is 0 Å². The molecular formula is C16H15F2NO. The van der Waals surface area contributed by atoms with Crippen molar-refractivity contribution < 1.29 is 13.6 Å². The summed E-state index contributed by atoms with van der Waals surface area (Å²) in [7, 11) is 0. The molecule has 0 spiro atoms. The van der Waals surface area contributed by atoms with Gasteiger partial charge in [-0.3, -0.25) is 4.79 Å². The number of amides is 1. The number of hydrogen-bond donors (Lipinski definition) is 0. The number of aryl methyl sites for hydroxylation is 1. The molecule has 0 aliphatic carbocycles. The molecule has 0 heterocycles. The maximum atomic E-state index is 13.7. The molecule has 2 rings (SSSR count). The Hall–Kier alpha value is -2.23. The minimum absolute atomic E-state index is 0.257. The van der Waals surface area contributed by atoms with Crippen LogP contribution in [-0.2, 0) is 0 Å². The third-order valence-corrected chi connectivity index (χ3v) is 3.09. The highest BCUT2D eigenvalue weighted by atomic mass is 19.2. The number of halogens is 2. The minimum Gasteiger partial charge on any atom is -0.309 e. The molecule has 0 atom stereocenters. The third kappa shape index (κ3) is 2.69. The summed E-state index contributed by atoms with van der Waals surface area (Å²) < 4.78 is 26.9. The second-order valence-electron chi connectivity index (χ2n) is 4.49. The molecule has 2 aromatic rings. The van der Waals surface area contributed by atoms with Gasteiger partial charge in [-0.25, -0.2) is 8.78 Å². The molecule has 1 amide bonds. The molecule has 0 bridgehead atoms. The summed E-state index contributed by atoms with van der Waals surface area (Å²) >= 11 is 0. The van der Waals surface area contributed by atoms with Gasteiger partial charge in [0, 0.05) is 12.2 Å². The zero-order valence-corrected chi connectivity index (χ0v) is 11.4. The predicted molar refractivity (Wildman–Crippen MR) is 74.9 cm³/mol. The first-order valence-electron chi connectivity index (χ1n) is 6.37. The van der Waals surface area contributed by atoms with Crippen molar-refractivity contribution in [2.75, 3.05) is 11.4 Å². The molecule has 0 fully saturated rings. The van der Waals surface area contributed by atoms with Crippen LogP contribution in [-0.4, -0.2) is 12.5 Å². The topological polar surface area (TPSA) is 20.3 Å². The van der Waals surface area contributed by atoms with E-state index in [1.165, 1.54) is 17.0 Å². The highest BCUT2D eigenvalue weighted by Crippen LogP contribution is 2.20. The van der Waals surface area contributed by atoms with Crippen molar-refractivity contribution in [3.63, 3.8) is 0 Å². The normalized spacial score (nSPS) is 10.4. The second-order valence-corrected chi connectivity index (χ2v) is 4.49. The zero-order valence-electron chi connectivity index (χ0n) is 11.4. The molecule has 4 heteroatoms. The quantitative estimate of drug-likeness (QED) is 0.830. The average Bonchev–Trinajstić information content (AvgIpc) is 2.44. The Morgan fingerprint density at radius 3 is 2.35 bits per heavy atom. The Balaban J connectivity index is 2.39. The first kappa shape index (κ1) is 14.2. The van der Waals surface area contributed by atoms with Crippen molar-refractivity contribution in [2.24, 2.45) is 0 Å². The number of hydrogen-bond acceptors (Lipinski definition) is 1. The molecule has 2 nitrogen and oxygen atoms in total. The van der Waals surface area contributed by atoms with Gasteiger partial charge in [-0.2, -0.15) is 0 Å². The molecule has 0 saturated carbocycles. The SMILES string of the molecule is CCN(C(=O)c1cccc(F)c1F)c1ccc(C)cc1. The highest BCUT2D eigenvalue weighted by molar-refractivity contribution is 6.06. The van der Waals surface area contributed by atoms with E-state index in [4.69, 9.17) is 0 Å². The van der Waals surface area contributed by atoms with Crippen molar-refractivity contribution in [1.29, 1.82) is 0 Å². The smallest absolute Gasteiger partial charge is 0.261 e. The van der Waals surface area contributed by atoms with Crippen molar-refractivity contribution in [1.82, 2.24) is 0 Å². The molecule has 0 N–H and O–H groups in total. The summed E-state index contributed by atoms with van der Waals surface area (Å²) in [6, 6.07) is 10.9. The molecule has 0 unspecified atom stereocenters. The Bertz CT molecular complexity index is 623. The number of anilines is 1. The first-order chi connectivity index (χ1) is 9.54. The number of carbonyl (C=O) groups is 1. The molecule has 0 aliphatic heterocycles. The molecule has 104 valence electrons. The van der Waals surface area contributed by atoms with Crippen molar-refractivity contribution in [3.05, 3.63) is 65.2 Å². The summed E-state index contributed by atoms with van der Waals surface area (Å²) in [5.41, 5.74) is 1.47. The van der Waals surface area contributed by atoms with Gasteiger partial charge in [-0.05, 0) is 38.1 Å². The highest BCUT2D eigenvalue weighted by Gasteiger charge is 2.21. The fraction of sp³-hybridized carbons (Fsp3) is 0.188. The van der Waals surface area contributed by atoms with Crippen molar-refractivity contribution in [2.45, 2.75) is 13.8 Å². The number of benzene rings is 2. The lowest BCUT2D eigenvalue weighted by Gasteiger charge is -2.21. The number of rotatable bonds is 3. The third-order valence-electron chi connectivity index (χ3n) is 3.09. The summed E-state index contributed by atoms with van der Waals surface area (Å²) in [5.74, 6) is -2.67.